The van der Waals surface area contributed by atoms with E-state index in [1.807, 2.05) is 26.0 Å². The number of aliphatic hydroxyl groups is 1. The molecule has 0 aliphatic carbocycles. The SMILES string of the molecule is CC(C)NC(=O)C1(O)CCN(C(=O)c2ccc(Cn3cnnn3)cc2)CC1. The molecular formula is C18H24N6O3. The van der Waals surface area contributed by atoms with E-state index in [1.54, 1.807) is 21.7 Å². The second-order valence-corrected chi connectivity index (χ2v) is 7.16. The lowest BCUT2D eigenvalue weighted by atomic mass is 9.90. The first-order chi connectivity index (χ1) is 12.9. The second kappa shape index (κ2) is 7.83. The van der Waals surface area contributed by atoms with Gasteiger partial charge < -0.3 is 15.3 Å². The van der Waals surface area contributed by atoms with Crippen LogP contribution in [0.25, 0.3) is 0 Å². The fourth-order valence-electron chi connectivity index (χ4n) is 3.08. The number of amides is 2. The number of likely N-dealkylation sites (tertiary alicyclic amines) is 1. The highest BCUT2D eigenvalue weighted by Crippen LogP contribution is 2.24. The highest BCUT2D eigenvalue weighted by atomic mass is 16.3. The van der Waals surface area contributed by atoms with Crippen molar-refractivity contribution < 1.29 is 14.7 Å². The van der Waals surface area contributed by atoms with E-state index in [4.69, 9.17) is 0 Å². The number of tetrazole rings is 1. The van der Waals surface area contributed by atoms with Crippen molar-refractivity contribution in [2.75, 3.05) is 13.1 Å². The van der Waals surface area contributed by atoms with Crippen LogP contribution in [0.1, 0.15) is 42.6 Å². The Morgan fingerprint density at radius 2 is 1.89 bits per heavy atom. The van der Waals surface area contributed by atoms with Crippen LogP contribution in [0.15, 0.2) is 30.6 Å². The molecule has 2 aromatic rings. The summed E-state index contributed by atoms with van der Waals surface area (Å²) in [4.78, 5) is 26.5. The standard InChI is InChI=1S/C18H24N6O3/c1-13(2)20-17(26)18(27)7-9-23(10-8-18)16(25)15-5-3-14(4-6-15)11-24-12-19-21-22-24/h3-6,12-13,27H,7-11H2,1-2H3,(H,20,26). The summed E-state index contributed by atoms with van der Waals surface area (Å²) in [7, 11) is 0. The predicted octanol–water partition coefficient (Wildman–Crippen LogP) is 0.213. The minimum absolute atomic E-state index is 0.0343. The minimum Gasteiger partial charge on any atom is -0.380 e. The summed E-state index contributed by atoms with van der Waals surface area (Å²) >= 11 is 0. The molecule has 1 aromatic heterocycles. The molecule has 0 atom stereocenters. The van der Waals surface area contributed by atoms with Crippen molar-refractivity contribution in [1.82, 2.24) is 30.4 Å². The van der Waals surface area contributed by atoms with Crippen molar-refractivity contribution in [3.63, 3.8) is 0 Å². The summed E-state index contributed by atoms with van der Waals surface area (Å²) in [6.45, 7) is 4.91. The van der Waals surface area contributed by atoms with Crippen LogP contribution in [0.5, 0.6) is 0 Å². The third kappa shape index (κ3) is 4.48. The molecule has 144 valence electrons. The van der Waals surface area contributed by atoms with E-state index in [9.17, 15) is 14.7 Å². The lowest BCUT2D eigenvalue weighted by molar-refractivity contribution is -0.144. The van der Waals surface area contributed by atoms with Crippen molar-refractivity contribution in [1.29, 1.82) is 0 Å². The van der Waals surface area contributed by atoms with Gasteiger partial charge in [-0.3, -0.25) is 9.59 Å². The van der Waals surface area contributed by atoms with Crippen molar-refractivity contribution >= 4 is 11.8 Å². The van der Waals surface area contributed by atoms with Crippen molar-refractivity contribution in [2.45, 2.75) is 44.9 Å². The van der Waals surface area contributed by atoms with Gasteiger partial charge in [0.15, 0.2) is 0 Å². The molecule has 1 saturated heterocycles. The van der Waals surface area contributed by atoms with Gasteiger partial charge in [-0.15, -0.1) is 5.10 Å². The number of aromatic nitrogens is 4. The van der Waals surface area contributed by atoms with Crippen LogP contribution in [0, 0.1) is 0 Å². The molecule has 1 fully saturated rings. The molecule has 0 radical (unpaired) electrons. The highest BCUT2D eigenvalue weighted by Gasteiger charge is 2.40. The van der Waals surface area contributed by atoms with Gasteiger partial charge >= 0.3 is 0 Å². The summed E-state index contributed by atoms with van der Waals surface area (Å²) in [6.07, 6.45) is 1.99. The molecular weight excluding hydrogens is 348 g/mol. The Balaban J connectivity index is 1.58. The van der Waals surface area contributed by atoms with Crippen LogP contribution >= 0.6 is 0 Å². The number of carbonyl (C=O) groups is 2. The van der Waals surface area contributed by atoms with Crippen LogP contribution in [-0.4, -0.2) is 66.8 Å². The molecule has 0 saturated carbocycles. The summed E-state index contributed by atoms with van der Waals surface area (Å²) in [5.41, 5.74) is 0.154. The maximum absolute atomic E-state index is 12.7. The Kier molecular flexibility index (Phi) is 5.50. The molecule has 3 rings (SSSR count). The van der Waals surface area contributed by atoms with Crippen LogP contribution in [0.2, 0.25) is 0 Å². The third-order valence-electron chi connectivity index (χ3n) is 4.66. The maximum atomic E-state index is 12.7. The van der Waals surface area contributed by atoms with Crippen LogP contribution in [0.3, 0.4) is 0 Å². The van der Waals surface area contributed by atoms with Gasteiger partial charge in [0.2, 0.25) is 0 Å². The molecule has 0 unspecified atom stereocenters. The molecule has 1 aliphatic heterocycles. The zero-order valence-electron chi connectivity index (χ0n) is 15.5. The maximum Gasteiger partial charge on any atom is 0.253 e. The summed E-state index contributed by atoms with van der Waals surface area (Å²) in [6, 6.07) is 7.24. The molecule has 0 spiro atoms. The number of piperidine rings is 1. The van der Waals surface area contributed by atoms with E-state index in [-0.39, 0.29) is 30.7 Å². The van der Waals surface area contributed by atoms with Crippen LogP contribution in [-0.2, 0) is 11.3 Å². The average Bonchev–Trinajstić information content (AvgIpc) is 3.15. The monoisotopic (exact) mass is 372 g/mol. The first-order valence-electron chi connectivity index (χ1n) is 9.00. The number of nitrogens with zero attached hydrogens (tertiary/aromatic N) is 5. The predicted molar refractivity (Wildman–Crippen MR) is 96.7 cm³/mol. The van der Waals surface area contributed by atoms with E-state index in [0.717, 1.165) is 5.56 Å². The molecule has 1 aliphatic rings. The Hall–Kier alpha value is -2.81. The number of hydrogen-bond donors (Lipinski definition) is 2. The molecule has 9 heteroatoms. The Bertz CT molecular complexity index is 780. The van der Waals surface area contributed by atoms with Gasteiger partial charge in [-0.25, -0.2) is 4.68 Å². The van der Waals surface area contributed by atoms with Gasteiger partial charge in [-0.05, 0) is 42.0 Å². The van der Waals surface area contributed by atoms with Crippen LogP contribution < -0.4 is 5.32 Å². The van der Waals surface area contributed by atoms with E-state index < -0.39 is 5.60 Å². The van der Waals surface area contributed by atoms with Gasteiger partial charge in [-0.2, -0.15) is 0 Å². The number of benzene rings is 1. The molecule has 2 amide bonds. The quantitative estimate of drug-likeness (QED) is 0.776. The van der Waals surface area contributed by atoms with E-state index in [1.165, 1.54) is 6.33 Å². The van der Waals surface area contributed by atoms with E-state index in [2.05, 4.69) is 20.8 Å². The first kappa shape index (κ1) is 19.0. The third-order valence-corrected chi connectivity index (χ3v) is 4.66. The Morgan fingerprint density at radius 1 is 1.22 bits per heavy atom. The van der Waals surface area contributed by atoms with Gasteiger partial charge in [0.1, 0.15) is 11.9 Å². The zero-order valence-corrected chi connectivity index (χ0v) is 15.5. The van der Waals surface area contributed by atoms with E-state index >= 15 is 0 Å². The molecule has 0 bridgehead atoms. The molecule has 1 aromatic carbocycles. The number of carbonyl (C=O) groups excluding carboxylic acids is 2. The lowest BCUT2D eigenvalue weighted by Gasteiger charge is -2.37. The van der Waals surface area contributed by atoms with Crippen LogP contribution in [0.4, 0.5) is 0 Å². The normalized spacial score (nSPS) is 16.4. The smallest absolute Gasteiger partial charge is 0.253 e. The molecule has 9 nitrogen and oxygen atoms in total. The topological polar surface area (TPSA) is 113 Å². The van der Waals surface area contributed by atoms with Crippen molar-refractivity contribution in [2.24, 2.45) is 0 Å². The number of nitrogens with one attached hydrogen (secondary N) is 1. The Labute approximate surface area is 157 Å². The van der Waals surface area contributed by atoms with Gasteiger partial charge in [0.05, 0.1) is 6.54 Å². The summed E-state index contributed by atoms with van der Waals surface area (Å²) < 4.78 is 1.60. The van der Waals surface area contributed by atoms with Crippen molar-refractivity contribution in [3.05, 3.63) is 41.7 Å². The summed E-state index contributed by atoms with van der Waals surface area (Å²) in [5.74, 6) is -0.466. The average molecular weight is 372 g/mol. The minimum atomic E-state index is -1.41. The molecule has 2 heterocycles. The van der Waals surface area contributed by atoms with Crippen molar-refractivity contribution in [3.8, 4) is 0 Å². The van der Waals surface area contributed by atoms with Gasteiger partial charge in [0, 0.05) is 37.5 Å². The highest BCUT2D eigenvalue weighted by molar-refractivity contribution is 5.94. The molecule has 27 heavy (non-hydrogen) atoms. The largest absolute Gasteiger partial charge is 0.380 e. The fraction of sp³-hybridized carbons (Fsp3) is 0.500. The Morgan fingerprint density at radius 3 is 2.44 bits per heavy atom. The van der Waals surface area contributed by atoms with Gasteiger partial charge in [-0.1, -0.05) is 12.1 Å². The zero-order chi connectivity index (χ0) is 19.4. The van der Waals surface area contributed by atoms with Gasteiger partial charge in [0.25, 0.3) is 11.8 Å². The summed E-state index contributed by atoms with van der Waals surface area (Å²) in [5, 5.41) is 24.3. The lowest BCUT2D eigenvalue weighted by Crippen LogP contribution is -2.55. The second-order valence-electron chi connectivity index (χ2n) is 7.16. The first-order valence-corrected chi connectivity index (χ1v) is 9.00. The number of rotatable bonds is 5. The van der Waals surface area contributed by atoms with E-state index in [0.29, 0.717) is 25.2 Å². The number of hydrogen-bond acceptors (Lipinski definition) is 6. The molecule has 2 N–H and O–H groups in total. The fourth-order valence-corrected chi connectivity index (χ4v) is 3.08.